The van der Waals surface area contributed by atoms with Crippen molar-refractivity contribution in [3.63, 3.8) is 0 Å². The molecule has 2 nitrogen and oxygen atoms in total. The summed E-state index contributed by atoms with van der Waals surface area (Å²) in [5, 5.41) is 8.81. The van der Waals surface area contributed by atoms with Gasteiger partial charge in [0.25, 0.3) is 0 Å². The average molecular weight is 227 g/mol. The van der Waals surface area contributed by atoms with Gasteiger partial charge in [-0.1, -0.05) is 20.8 Å². The summed E-state index contributed by atoms with van der Waals surface area (Å²) >= 11 is 0. The second kappa shape index (κ2) is 6.33. The molecular formula is C10H20F3NO. The Bertz CT molecular complexity index is 171. The van der Waals surface area contributed by atoms with Gasteiger partial charge in [-0.25, -0.2) is 0 Å². The standard InChI is InChI=1S/C10H20F3NO/c1-4-14(7-8(2)3)6-5-9(15)10(11,12)13/h8-9,15H,4-7H2,1-3H3/t9-/m1/s1. The fourth-order valence-electron chi connectivity index (χ4n) is 1.36. The lowest BCUT2D eigenvalue weighted by Gasteiger charge is -2.24. The Balaban J connectivity index is 3.90. The molecule has 15 heavy (non-hydrogen) atoms. The van der Waals surface area contributed by atoms with Crippen molar-refractivity contribution in [2.24, 2.45) is 5.92 Å². The summed E-state index contributed by atoms with van der Waals surface area (Å²) in [7, 11) is 0. The molecule has 0 saturated carbocycles. The predicted octanol–water partition coefficient (Wildman–Crippen LogP) is 2.28. The van der Waals surface area contributed by atoms with E-state index in [9.17, 15) is 13.2 Å². The normalized spacial score (nSPS) is 15.0. The van der Waals surface area contributed by atoms with Crippen LogP contribution in [0.3, 0.4) is 0 Å². The van der Waals surface area contributed by atoms with Crippen molar-refractivity contribution in [3.8, 4) is 0 Å². The maximum Gasteiger partial charge on any atom is 0.414 e. The molecule has 0 rings (SSSR count). The lowest BCUT2D eigenvalue weighted by atomic mass is 10.2. The first-order chi connectivity index (χ1) is 6.77. The van der Waals surface area contributed by atoms with Crippen LogP contribution in [0.1, 0.15) is 27.2 Å². The highest BCUT2D eigenvalue weighted by Gasteiger charge is 2.37. The molecule has 0 amide bonds. The fraction of sp³-hybridized carbons (Fsp3) is 1.00. The zero-order valence-corrected chi connectivity index (χ0v) is 9.51. The molecule has 0 unspecified atom stereocenters. The van der Waals surface area contributed by atoms with Crippen molar-refractivity contribution >= 4 is 0 Å². The van der Waals surface area contributed by atoms with E-state index in [1.807, 2.05) is 25.7 Å². The van der Waals surface area contributed by atoms with Crippen LogP contribution in [0.25, 0.3) is 0 Å². The van der Waals surface area contributed by atoms with Crippen LogP contribution in [0.5, 0.6) is 0 Å². The van der Waals surface area contributed by atoms with Crippen molar-refractivity contribution < 1.29 is 18.3 Å². The van der Waals surface area contributed by atoms with Crippen molar-refractivity contribution in [1.29, 1.82) is 0 Å². The number of hydrogen-bond donors (Lipinski definition) is 1. The van der Waals surface area contributed by atoms with Gasteiger partial charge >= 0.3 is 6.18 Å². The first kappa shape index (κ1) is 14.7. The van der Waals surface area contributed by atoms with Crippen LogP contribution < -0.4 is 0 Å². The van der Waals surface area contributed by atoms with Gasteiger partial charge in [-0.05, 0) is 18.9 Å². The van der Waals surface area contributed by atoms with Crippen LogP contribution in [0.15, 0.2) is 0 Å². The zero-order chi connectivity index (χ0) is 12.1. The number of aliphatic hydroxyl groups excluding tert-OH is 1. The van der Waals surface area contributed by atoms with Crippen LogP contribution in [0, 0.1) is 5.92 Å². The van der Waals surface area contributed by atoms with Crippen LogP contribution in [0.4, 0.5) is 13.2 Å². The SMILES string of the molecule is CCN(CC[C@@H](O)C(F)(F)F)CC(C)C. The zero-order valence-electron chi connectivity index (χ0n) is 9.51. The maximum absolute atomic E-state index is 12.0. The monoisotopic (exact) mass is 227 g/mol. The van der Waals surface area contributed by atoms with Gasteiger partial charge in [0.1, 0.15) is 0 Å². The van der Waals surface area contributed by atoms with E-state index in [0.717, 1.165) is 6.54 Å². The number of halogens is 3. The topological polar surface area (TPSA) is 23.5 Å². The summed E-state index contributed by atoms with van der Waals surface area (Å²) in [5.74, 6) is 0.424. The minimum Gasteiger partial charge on any atom is -0.384 e. The second-order valence-electron chi connectivity index (χ2n) is 4.13. The molecule has 0 bridgehead atoms. The molecule has 0 saturated heterocycles. The fourth-order valence-corrected chi connectivity index (χ4v) is 1.36. The van der Waals surface area contributed by atoms with Gasteiger partial charge in [-0.2, -0.15) is 13.2 Å². The summed E-state index contributed by atoms with van der Waals surface area (Å²) < 4.78 is 36.0. The molecule has 0 aliphatic rings. The molecule has 0 fully saturated rings. The van der Waals surface area contributed by atoms with Gasteiger partial charge in [0, 0.05) is 13.1 Å². The van der Waals surface area contributed by atoms with Gasteiger partial charge in [0.05, 0.1) is 0 Å². The summed E-state index contributed by atoms with van der Waals surface area (Å²) in [6.45, 7) is 7.70. The Hall–Kier alpha value is -0.290. The molecular weight excluding hydrogens is 207 g/mol. The highest BCUT2D eigenvalue weighted by Crippen LogP contribution is 2.22. The third kappa shape index (κ3) is 6.73. The number of nitrogens with zero attached hydrogens (tertiary/aromatic N) is 1. The highest BCUT2D eigenvalue weighted by atomic mass is 19.4. The largest absolute Gasteiger partial charge is 0.414 e. The third-order valence-electron chi connectivity index (χ3n) is 2.17. The smallest absolute Gasteiger partial charge is 0.384 e. The molecule has 0 aromatic rings. The van der Waals surface area contributed by atoms with Gasteiger partial charge < -0.3 is 10.0 Å². The molecule has 0 aliphatic carbocycles. The summed E-state index contributed by atoms with van der Waals surface area (Å²) in [4.78, 5) is 1.92. The van der Waals surface area contributed by atoms with E-state index in [0.29, 0.717) is 12.5 Å². The highest BCUT2D eigenvalue weighted by molar-refractivity contribution is 4.68. The van der Waals surface area contributed by atoms with E-state index in [4.69, 9.17) is 5.11 Å². The van der Waals surface area contributed by atoms with Gasteiger partial charge in [-0.3, -0.25) is 0 Å². The van der Waals surface area contributed by atoms with E-state index >= 15 is 0 Å². The maximum atomic E-state index is 12.0. The number of alkyl halides is 3. The number of aliphatic hydroxyl groups is 1. The first-order valence-electron chi connectivity index (χ1n) is 5.24. The van der Waals surface area contributed by atoms with Gasteiger partial charge in [-0.15, -0.1) is 0 Å². The third-order valence-corrected chi connectivity index (χ3v) is 2.17. The van der Waals surface area contributed by atoms with Crippen LogP contribution in [-0.2, 0) is 0 Å². The van der Waals surface area contributed by atoms with Gasteiger partial charge in [0.15, 0.2) is 6.10 Å². The van der Waals surface area contributed by atoms with Crippen molar-refractivity contribution in [2.75, 3.05) is 19.6 Å². The number of hydrogen-bond acceptors (Lipinski definition) is 2. The molecule has 0 aliphatic heterocycles. The molecule has 5 heteroatoms. The van der Waals surface area contributed by atoms with Crippen LogP contribution >= 0.6 is 0 Å². The summed E-state index contributed by atoms with van der Waals surface area (Å²) in [6, 6.07) is 0. The van der Waals surface area contributed by atoms with E-state index in [2.05, 4.69) is 0 Å². The molecule has 1 atom stereocenters. The second-order valence-corrected chi connectivity index (χ2v) is 4.13. The summed E-state index contributed by atoms with van der Waals surface area (Å²) in [6.07, 6.45) is -6.93. The average Bonchev–Trinajstić information content (AvgIpc) is 2.09. The van der Waals surface area contributed by atoms with Crippen molar-refractivity contribution in [1.82, 2.24) is 4.90 Å². The van der Waals surface area contributed by atoms with E-state index in [1.54, 1.807) is 0 Å². The molecule has 92 valence electrons. The lowest BCUT2D eigenvalue weighted by Crippen LogP contribution is -2.35. The Morgan fingerprint density at radius 1 is 1.27 bits per heavy atom. The lowest BCUT2D eigenvalue weighted by molar-refractivity contribution is -0.206. The van der Waals surface area contributed by atoms with E-state index < -0.39 is 12.3 Å². The molecule has 0 heterocycles. The first-order valence-corrected chi connectivity index (χ1v) is 5.24. The minimum atomic E-state index is -4.49. The molecule has 0 aromatic heterocycles. The van der Waals surface area contributed by atoms with E-state index in [-0.39, 0.29) is 13.0 Å². The molecule has 0 aromatic carbocycles. The Labute approximate surface area is 89.1 Å². The molecule has 0 radical (unpaired) electrons. The van der Waals surface area contributed by atoms with E-state index in [1.165, 1.54) is 0 Å². The number of rotatable bonds is 6. The van der Waals surface area contributed by atoms with Gasteiger partial charge in [0.2, 0.25) is 0 Å². The predicted molar refractivity (Wildman–Crippen MR) is 53.6 cm³/mol. The van der Waals surface area contributed by atoms with Crippen molar-refractivity contribution in [2.45, 2.75) is 39.5 Å². The molecule has 0 spiro atoms. The summed E-state index contributed by atoms with van der Waals surface area (Å²) in [5.41, 5.74) is 0. The quantitative estimate of drug-likeness (QED) is 0.752. The Kier molecular flexibility index (Phi) is 6.20. The Morgan fingerprint density at radius 2 is 1.80 bits per heavy atom. The van der Waals surface area contributed by atoms with Crippen LogP contribution in [0.2, 0.25) is 0 Å². The Morgan fingerprint density at radius 3 is 2.13 bits per heavy atom. The van der Waals surface area contributed by atoms with Crippen LogP contribution in [-0.4, -0.2) is 41.9 Å². The molecule has 1 N–H and O–H groups in total. The van der Waals surface area contributed by atoms with Crippen molar-refractivity contribution in [3.05, 3.63) is 0 Å². The minimum absolute atomic E-state index is 0.246.